The average Bonchev–Trinajstić information content (AvgIpc) is 2.30. The molecule has 0 aliphatic carbocycles. The highest BCUT2D eigenvalue weighted by Gasteiger charge is 2.03. The van der Waals surface area contributed by atoms with Gasteiger partial charge in [-0.3, -0.25) is 4.79 Å². The van der Waals surface area contributed by atoms with Crippen LogP contribution in [0.5, 0.6) is 0 Å². The highest BCUT2D eigenvalue weighted by Crippen LogP contribution is 2.10. The van der Waals surface area contributed by atoms with Gasteiger partial charge in [-0.05, 0) is 18.2 Å². The molecule has 74 valence electrons. The predicted octanol–water partition coefficient (Wildman–Crippen LogP) is 1.49. The zero-order valence-corrected chi connectivity index (χ0v) is 7.59. The Hall–Kier alpha value is -2.17. The molecule has 4 nitrogen and oxygen atoms in total. The predicted molar refractivity (Wildman–Crippen MR) is 50.6 cm³/mol. The topological polar surface area (TPSA) is 55.7 Å². The fourth-order valence-electron chi connectivity index (χ4n) is 1.07. The Balaban J connectivity index is 2.44. The quantitative estimate of drug-likeness (QED) is 0.694. The molecule has 0 amide bonds. The minimum Gasteiger partial charge on any atom is -0.296 e. The average molecular weight is 203 g/mol. The van der Waals surface area contributed by atoms with Crippen LogP contribution in [0.2, 0.25) is 0 Å². The van der Waals surface area contributed by atoms with Crippen LogP contribution >= 0.6 is 0 Å². The van der Waals surface area contributed by atoms with Gasteiger partial charge in [0.1, 0.15) is 17.2 Å². The summed E-state index contributed by atoms with van der Waals surface area (Å²) in [6, 6.07) is 4.21. The Morgan fingerprint density at radius 2 is 2.07 bits per heavy atom. The van der Waals surface area contributed by atoms with Crippen LogP contribution in [0.4, 0.5) is 4.39 Å². The van der Waals surface area contributed by atoms with E-state index in [0.717, 1.165) is 6.20 Å². The molecular weight excluding hydrogens is 197 g/mol. The van der Waals surface area contributed by atoms with E-state index < -0.39 is 5.82 Å². The Bertz CT molecular complexity index is 484. The maximum atomic E-state index is 12.6. The van der Waals surface area contributed by atoms with Crippen molar-refractivity contribution in [3.63, 3.8) is 0 Å². The second-order valence-electron chi connectivity index (χ2n) is 2.78. The molecular formula is C10H6FN3O. The third-order valence-electron chi connectivity index (χ3n) is 1.75. The lowest BCUT2D eigenvalue weighted by Crippen LogP contribution is -1.95. The number of carbonyl (C=O) groups excluding carboxylic acids is 1. The molecule has 2 heterocycles. The smallest absolute Gasteiger partial charge is 0.178 e. The van der Waals surface area contributed by atoms with Gasteiger partial charge in [-0.15, -0.1) is 0 Å². The molecule has 0 aromatic carbocycles. The number of aldehydes is 1. The van der Waals surface area contributed by atoms with Crippen LogP contribution in [0.25, 0.3) is 11.5 Å². The van der Waals surface area contributed by atoms with E-state index in [0.29, 0.717) is 17.8 Å². The van der Waals surface area contributed by atoms with E-state index in [4.69, 9.17) is 0 Å². The second kappa shape index (κ2) is 3.91. The molecule has 0 fully saturated rings. The normalized spacial score (nSPS) is 9.93. The number of halogens is 1. The van der Waals surface area contributed by atoms with E-state index in [-0.39, 0.29) is 5.69 Å². The summed E-state index contributed by atoms with van der Waals surface area (Å²) in [6.45, 7) is 0. The van der Waals surface area contributed by atoms with Gasteiger partial charge in [0, 0.05) is 6.20 Å². The molecule has 0 atom stereocenters. The molecule has 0 aliphatic heterocycles. The van der Waals surface area contributed by atoms with Gasteiger partial charge in [0.2, 0.25) is 0 Å². The fraction of sp³-hybridized carbons (Fsp3) is 0. The van der Waals surface area contributed by atoms with Gasteiger partial charge in [-0.25, -0.2) is 19.3 Å². The van der Waals surface area contributed by atoms with Gasteiger partial charge in [0.15, 0.2) is 12.1 Å². The minimum atomic E-state index is -0.426. The lowest BCUT2D eigenvalue weighted by molar-refractivity contribution is 0.111. The third kappa shape index (κ3) is 2.01. The zero-order valence-electron chi connectivity index (χ0n) is 7.59. The van der Waals surface area contributed by atoms with Crippen LogP contribution in [0.1, 0.15) is 10.5 Å². The van der Waals surface area contributed by atoms with Crippen molar-refractivity contribution in [1.82, 2.24) is 15.0 Å². The van der Waals surface area contributed by atoms with Crippen molar-refractivity contribution >= 4 is 6.29 Å². The first-order chi connectivity index (χ1) is 7.29. The summed E-state index contributed by atoms with van der Waals surface area (Å²) in [5.74, 6) is -0.120. The van der Waals surface area contributed by atoms with Gasteiger partial charge >= 0.3 is 0 Å². The zero-order chi connectivity index (χ0) is 10.7. The maximum Gasteiger partial charge on any atom is 0.178 e. The summed E-state index contributed by atoms with van der Waals surface area (Å²) in [5, 5.41) is 0. The van der Waals surface area contributed by atoms with Crippen LogP contribution in [0, 0.1) is 5.82 Å². The van der Waals surface area contributed by atoms with Gasteiger partial charge < -0.3 is 0 Å². The molecule has 0 saturated carbocycles. The third-order valence-corrected chi connectivity index (χ3v) is 1.75. The Labute approximate surface area is 84.8 Å². The number of pyridine rings is 1. The summed E-state index contributed by atoms with van der Waals surface area (Å²) < 4.78 is 12.6. The van der Waals surface area contributed by atoms with Crippen molar-refractivity contribution in [2.24, 2.45) is 0 Å². The largest absolute Gasteiger partial charge is 0.296 e. The Morgan fingerprint density at radius 3 is 2.73 bits per heavy atom. The van der Waals surface area contributed by atoms with Crippen molar-refractivity contribution < 1.29 is 9.18 Å². The molecule has 0 unspecified atom stereocenters. The highest BCUT2D eigenvalue weighted by molar-refractivity contribution is 5.72. The van der Waals surface area contributed by atoms with E-state index >= 15 is 0 Å². The van der Waals surface area contributed by atoms with E-state index in [2.05, 4.69) is 15.0 Å². The van der Waals surface area contributed by atoms with Crippen LogP contribution in [-0.4, -0.2) is 21.2 Å². The van der Waals surface area contributed by atoms with E-state index in [1.165, 1.54) is 24.4 Å². The number of hydrogen-bond acceptors (Lipinski definition) is 4. The molecule has 0 aliphatic rings. The fourth-order valence-corrected chi connectivity index (χ4v) is 1.07. The van der Waals surface area contributed by atoms with E-state index in [1.54, 1.807) is 0 Å². The standard InChI is InChI=1S/C10H6FN3O/c11-7-1-2-9(13-5-7)10-12-4-3-8(6-15)14-10/h1-6H. The van der Waals surface area contributed by atoms with Crippen LogP contribution in [-0.2, 0) is 0 Å². The molecule has 0 radical (unpaired) electrons. The second-order valence-corrected chi connectivity index (χ2v) is 2.78. The Kier molecular flexibility index (Phi) is 2.45. The first kappa shape index (κ1) is 9.39. The summed E-state index contributed by atoms with van der Waals surface area (Å²) in [4.78, 5) is 22.1. The molecule has 0 spiro atoms. The summed E-state index contributed by atoms with van der Waals surface area (Å²) in [7, 11) is 0. The molecule has 0 bridgehead atoms. The summed E-state index contributed by atoms with van der Waals surface area (Å²) >= 11 is 0. The number of hydrogen-bond donors (Lipinski definition) is 0. The van der Waals surface area contributed by atoms with Crippen molar-refractivity contribution in [2.75, 3.05) is 0 Å². The van der Waals surface area contributed by atoms with Crippen molar-refractivity contribution in [3.05, 3.63) is 42.1 Å². The highest BCUT2D eigenvalue weighted by atomic mass is 19.1. The van der Waals surface area contributed by atoms with Gasteiger partial charge in [-0.2, -0.15) is 0 Å². The molecule has 2 aromatic heterocycles. The van der Waals surface area contributed by atoms with Crippen LogP contribution in [0.3, 0.4) is 0 Å². The molecule has 5 heteroatoms. The lowest BCUT2D eigenvalue weighted by atomic mass is 10.3. The van der Waals surface area contributed by atoms with E-state index in [1.807, 2.05) is 0 Å². The first-order valence-electron chi connectivity index (χ1n) is 4.20. The number of aromatic nitrogens is 3. The van der Waals surface area contributed by atoms with Gasteiger partial charge in [0.25, 0.3) is 0 Å². The lowest BCUT2D eigenvalue weighted by Gasteiger charge is -1.98. The summed E-state index contributed by atoms with van der Waals surface area (Å²) in [5.41, 5.74) is 0.700. The summed E-state index contributed by atoms with van der Waals surface area (Å²) in [6.07, 6.45) is 3.15. The number of carbonyl (C=O) groups is 1. The number of nitrogens with zero attached hydrogens (tertiary/aromatic N) is 3. The Morgan fingerprint density at radius 1 is 1.20 bits per heavy atom. The minimum absolute atomic E-state index is 0.270. The van der Waals surface area contributed by atoms with Crippen LogP contribution < -0.4 is 0 Å². The first-order valence-corrected chi connectivity index (χ1v) is 4.20. The maximum absolute atomic E-state index is 12.6. The molecule has 0 saturated heterocycles. The molecule has 2 rings (SSSR count). The van der Waals surface area contributed by atoms with Gasteiger partial charge in [-0.1, -0.05) is 0 Å². The van der Waals surface area contributed by atoms with Gasteiger partial charge in [0.05, 0.1) is 6.20 Å². The van der Waals surface area contributed by atoms with E-state index in [9.17, 15) is 9.18 Å². The molecule has 0 N–H and O–H groups in total. The van der Waals surface area contributed by atoms with Crippen molar-refractivity contribution in [2.45, 2.75) is 0 Å². The molecule has 15 heavy (non-hydrogen) atoms. The van der Waals surface area contributed by atoms with Crippen molar-refractivity contribution in [3.8, 4) is 11.5 Å². The number of rotatable bonds is 2. The SMILES string of the molecule is O=Cc1ccnc(-c2ccc(F)cn2)n1. The molecule has 2 aromatic rings. The van der Waals surface area contributed by atoms with Crippen LogP contribution in [0.15, 0.2) is 30.6 Å². The monoisotopic (exact) mass is 203 g/mol. The van der Waals surface area contributed by atoms with Crippen molar-refractivity contribution in [1.29, 1.82) is 0 Å².